The minimum Gasteiger partial charge on any atom is -0.598 e. The quantitative estimate of drug-likeness (QED) is 0.672. The van der Waals surface area contributed by atoms with Crippen molar-refractivity contribution in [2.24, 2.45) is 0 Å². The van der Waals surface area contributed by atoms with Crippen LogP contribution in [0.5, 0.6) is 0 Å². The van der Waals surface area contributed by atoms with Crippen molar-refractivity contribution < 1.29 is 18.1 Å². The molecule has 1 aliphatic rings. The van der Waals surface area contributed by atoms with Crippen LogP contribution in [-0.4, -0.2) is 22.0 Å². The lowest BCUT2D eigenvalue weighted by molar-refractivity contribution is 0.370. The van der Waals surface area contributed by atoms with Crippen LogP contribution in [0.25, 0.3) is 0 Å². The highest BCUT2D eigenvalue weighted by molar-refractivity contribution is 7.90. The van der Waals surface area contributed by atoms with Crippen molar-refractivity contribution in [2.45, 2.75) is 44.1 Å². The summed E-state index contributed by atoms with van der Waals surface area (Å²) in [7, 11) is 0. The molecule has 2 unspecified atom stereocenters. The summed E-state index contributed by atoms with van der Waals surface area (Å²) in [5.74, 6) is -1.01. The van der Waals surface area contributed by atoms with Crippen molar-refractivity contribution in [1.82, 2.24) is 4.72 Å². The predicted octanol–water partition coefficient (Wildman–Crippen LogP) is 2.85. The molecular formula is C14H19F2NO2S. The Morgan fingerprint density at radius 2 is 2.10 bits per heavy atom. The molecule has 0 spiro atoms. The highest BCUT2D eigenvalue weighted by atomic mass is 32.2. The summed E-state index contributed by atoms with van der Waals surface area (Å²) in [6.45, 7) is 6.07. The molecule has 1 fully saturated rings. The van der Waals surface area contributed by atoms with Crippen molar-refractivity contribution in [1.29, 1.82) is 0 Å². The van der Waals surface area contributed by atoms with Gasteiger partial charge in [-0.25, -0.2) is 8.78 Å². The Kier molecular flexibility index (Phi) is 4.69. The van der Waals surface area contributed by atoms with Gasteiger partial charge in [0.25, 0.3) is 0 Å². The number of nitrogens with one attached hydrogen (secondary N) is 1. The van der Waals surface area contributed by atoms with Crippen molar-refractivity contribution >= 4 is 11.4 Å². The number of hydrogen-bond donors (Lipinski definition) is 1. The van der Waals surface area contributed by atoms with E-state index in [1.54, 1.807) is 0 Å². The third-order valence-corrected chi connectivity index (χ3v) is 4.65. The van der Waals surface area contributed by atoms with Crippen molar-refractivity contribution in [3.63, 3.8) is 0 Å². The third kappa shape index (κ3) is 4.15. The zero-order valence-electron chi connectivity index (χ0n) is 11.8. The van der Waals surface area contributed by atoms with E-state index in [4.69, 9.17) is 4.74 Å². The fourth-order valence-electron chi connectivity index (χ4n) is 1.79. The maximum absolute atomic E-state index is 13.9. The second-order valence-electron chi connectivity index (χ2n) is 5.91. The molecule has 20 heavy (non-hydrogen) atoms. The Balaban J connectivity index is 2.20. The molecule has 0 radical (unpaired) electrons. The highest BCUT2D eigenvalue weighted by Crippen LogP contribution is 2.30. The van der Waals surface area contributed by atoms with E-state index in [9.17, 15) is 13.3 Å². The lowest BCUT2D eigenvalue weighted by atomic mass is 10.0. The van der Waals surface area contributed by atoms with Gasteiger partial charge in [0.05, 0.1) is 18.8 Å². The Bertz CT molecular complexity index is 475. The summed E-state index contributed by atoms with van der Waals surface area (Å²) in [5.41, 5.74) is 0.193. The third-order valence-electron chi connectivity index (χ3n) is 3.04. The lowest BCUT2D eigenvalue weighted by Gasteiger charge is -2.28. The van der Waals surface area contributed by atoms with Crippen LogP contribution in [0.4, 0.5) is 8.78 Å². The normalized spacial score (nSPS) is 21.6. The maximum Gasteiger partial charge on any atom is 0.136 e. The average molecular weight is 303 g/mol. The highest BCUT2D eigenvalue weighted by Gasteiger charge is 2.35. The van der Waals surface area contributed by atoms with E-state index in [1.165, 1.54) is 0 Å². The van der Waals surface area contributed by atoms with Gasteiger partial charge in [0, 0.05) is 16.9 Å². The Labute approximate surface area is 121 Å². The largest absolute Gasteiger partial charge is 0.598 e. The number of ether oxygens (including phenoxy) is 1. The number of rotatable bonds is 5. The zero-order chi connectivity index (χ0) is 14.9. The molecule has 0 amide bonds. The summed E-state index contributed by atoms with van der Waals surface area (Å²) >= 11 is -1.37. The summed E-state index contributed by atoms with van der Waals surface area (Å²) < 4.78 is 47.0. The first-order valence-electron chi connectivity index (χ1n) is 6.52. The molecule has 0 aliphatic carbocycles. The second-order valence-corrected chi connectivity index (χ2v) is 7.91. The molecule has 3 atom stereocenters. The number of hydrogen-bond acceptors (Lipinski definition) is 3. The summed E-state index contributed by atoms with van der Waals surface area (Å²) in [6.07, 6.45) is 0.495. The number of benzene rings is 1. The Hall–Kier alpha value is -0.690. The van der Waals surface area contributed by atoms with Gasteiger partial charge in [0.2, 0.25) is 0 Å². The van der Waals surface area contributed by atoms with E-state index in [0.29, 0.717) is 13.0 Å². The molecule has 6 heteroatoms. The van der Waals surface area contributed by atoms with Crippen LogP contribution < -0.4 is 4.72 Å². The van der Waals surface area contributed by atoms with Gasteiger partial charge in [0.15, 0.2) is 0 Å². The Morgan fingerprint density at radius 3 is 2.65 bits per heavy atom. The van der Waals surface area contributed by atoms with E-state index < -0.39 is 33.8 Å². The van der Waals surface area contributed by atoms with Crippen LogP contribution in [0.15, 0.2) is 18.2 Å². The first-order chi connectivity index (χ1) is 9.27. The molecule has 112 valence electrons. The average Bonchev–Trinajstić information content (AvgIpc) is 3.14. The van der Waals surface area contributed by atoms with Gasteiger partial charge in [-0.3, -0.25) is 0 Å². The van der Waals surface area contributed by atoms with Gasteiger partial charge < -0.3 is 9.29 Å². The van der Waals surface area contributed by atoms with Crippen molar-refractivity contribution in [3.05, 3.63) is 35.4 Å². The molecular weight excluding hydrogens is 284 g/mol. The molecule has 0 bridgehead atoms. The molecule has 0 saturated carbocycles. The molecule has 1 N–H and O–H groups in total. The summed E-state index contributed by atoms with van der Waals surface area (Å²) in [6, 6.07) is 2.78. The Morgan fingerprint density at radius 1 is 1.45 bits per heavy atom. The molecule has 1 aromatic carbocycles. The second kappa shape index (κ2) is 5.97. The summed E-state index contributed by atoms with van der Waals surface area (Å²) in [5, 5.41) is 0. The minimum atomic E-state index is -1.37. The van der Waals surface area contributed by atoms with E-state index >= 15 is 0 Å². The van der Waals surface area contributed by atoms with E-state index in [2.05, 4.69) is 4.72 Å². The smallest absolute Gasteiger partial charge is 0.136 e. The molecule has 1 saturated heterocycles. The van der Waals surface area contributed by atoms with Crippen LogP contribution >= 0.6 is 0 Å². The van der Waals surface area contributed by atoms with E-state index in [1.807, 2.05) is 20.8 Å². The van der Waals surface area contributed by atoms with E-state index in [0.717, 1.165) is 18.2 Å². The van der Waals surface area contributed by atoms with Crippen LogP contribution in [-0.2, 0) is 16.1 Å². The predicted molar refractivity (Wildman–Crippen MR) is 74.5 cm³/mol. The van der Waals surface area contributed by atoms with E-state index in [-0.39, 0.29) is 11.7 Å². The summed E-state index contributed by atoms with van der Waals surface area (Å²) in [4.78, 5) is 0. The first-order valence-corrected chi connectivity index (χ1v) is 7.67. The lowest BCUT2D eigenvalue weighted by Crippen LogP contribution is -2.41. The van der Waals surface area contributed by atoms with Gasteiger partial charge in [-0.05, 0) is 45.4 Å². The first kappa shape index (κ1) is 15.7. The fourth-order valence-corrected chi connectivity index (χ4v) is 2.63. The zero-order valence-corrected chi connectivity index (χ0v) is 12.6. The van der Waals surface area contributed by atoms with Gasteiger partial charge in [-0.2, -0.15) is 0 Å². The van der Waals surface area contributed by atoms with Gasteiger partial charge in [-0.15, -0.1) is 4.72 Å². The van der Waals surface area contributed by atoms with Gasteiger partial charge >= 0.3 is 0 Å². The van der Waals surface area contributed by atoms with Crippen LogP contribution in [0.1, 0.15) is 38.8 Å². The monoisotopic (exact) mass is 303 g/mol. The van der Waals surface area contributed by atoms with Crippen molar-refractivity contribution in [2.75, 3.05) is 6.61 Å². The minimum absolute atomic E-state index is 0.0205. The van der Waals surface area contributed by atoms with Crippen LogP contribution in [0.2, 0.25) is 0 Å². The number of halogens is 2. The van der Waals surface area contributed by atoms with Crippen molar-refractivity contribution in [3.8, 4) is 0 Å². The van der Waals surface area contributed by atoms with Gasteiger partial charge in [0.1, 0.15) is 16.4 Å². The molecule has 1 aliphatic heterocycles. The molecule has 1 aromatic rings. The SMILES string of the molecule is CC(C)(C)[S+]([O-])N[C@@H](CC1CO1)c1cc(F)ccc1F. The fraction of sp³-hybridized carbons (Fsp3) is 0.571. The maximum atomic E-state index is 13.9. The molecule has 3 nitrogen and oxygen atoms in total. The van der Waals surface area contributed by atoms with Crippen LogP contribution in [0, 0.1) is 11.6 Å². The topological polar surface area (TPSA) is 47.6 Å². The molecule has 2 rings (SSSR count). The molecule has 1 heterocycles. The molecule has 0 aromatic heterocycles. The standard InChI is InChI=1S/C14H19F2NO2S/c1-14(2,3)20(18)17-13(7-10-8-19-10)11-6-9(15)4-5-12(11)16/h4-6,10,13,17H,7-8H2,1-3H3/t10?,13-,20?/m0/s1. The van der Waals surface area contributed by atoms with Crippen LogP contribution in [0.3, 0.4) is 0 Å². The number of epoxide rings is 1. The van der Waals surface area contributed by atoms with Gasteiger partial charge in [-0.1, -0.05) is 0 Å².